The smallest absolute Gasteiger partial charge is 0.289 e. The minimum absolute atomic E-state index is 0.133. The van der Waals surface area contributed by atoms with E-state index in [1.807, 2.05) is 31.2 Å². The van der Waals surface area contributed by atoms with E-state index in [1.54, 1.807) is 24.3 Å². The summed E-state index contributed by atoms with van der Waals surface area (Å²) < 4.78 is 5.40. The number of benzene rings is 2. The fourth-order valence-electron chi connectivity index (χ4n) is 2.31. The first-order chi connectivity index (χ1) is 12.7. The summed E-state index contributed by atoms with van der Waals surface area (Å²) in [6.45, 7) is 2.53. The van der Waals surface area contributed by atoms with Crippen molar-refractivity contribution in [3.63, 3.8) is 0 Å². The Morgan fingerprint density at radius 1 is 1.27 bits per heavy atom. The van der Waals surface area contributed by atoms with Crippen LogP contribution in [0.4, 0.5) is 0 Å². The number of aromatic hydroxyl groups is 1. The van der Waals surface area contributed by atoms with Gasteiger partial charge in [0.2, 0.25) is 0 Å². The number of carbonyl (C=O) groups is 1. The number of phenolic OH excluding ortho intramolecular Hbond substituents is 1. The quantitative estimate of drug-likeness (QED) is 0.470. The molecule has 2 aromatic carbocycles. The Balaban J connectivity index is 1.64. The molecule has 1 aromatic heterocycles. The third-order valence-electron chi connectivity index (χ3n) is 3.53. The lowest BCUT2D eigenvalue weighted by Crippen LogP contribution is -2.17. The van der Waals surface area contributed by atoms with E-state index >= 15 is 0 Å². The second-order valence-electron chi connectivity index (χ2n) is 5.42. The summed E-state index contributed by atoms with van der Waals surface area (Å²) in [5.41, 5.74) is 4.90. The molecular formula is C19H18N4O3. The second kappa shape index (κ2) is 7.98. The van der Waals surface area contributed by atoms with Crippen LogP contribution in [0.15, 0.2) is 59.7 Å². The topological polar surface area (TPSA) is 99.6 Å². The van der Waals surface area contributed by atoms with Crippen LogP contribution in [0.5, 0.6) is 11.5 Å². The zero-order chi connectivity index (χ0) is 18.4. The normalized spacial score (nSPS) is 10.8. The number of phenols is 1. The van der Waals surface area contributed by atoms with Gasteiger partial charge < -0.3 is 9.84 Å². The molecule has 0 aliphatic rings. The summed E-state index contributed by atoms with van der Waals surface area (Å²) in [6.07, 6.45) is 1.45. The number of hydrogen-bond donors (Lipinski definition) is 3. The van der Waals surface area contributed by atoms with Crippen molar-refractivity contribution in [2.24, 2.45) is 5.10 Å². The highest BCUT2D eigenvalue weighted by atomic mass is 16.5. The third-order valence-corrected chi connectivity index (χ3v) is 3.53. The maximum Gasteiger partial charge on any atom is 0.289 e. The van der Waals surface area contributed by atoms with Crippen LogP contribution in [-0.4, -0.2) is 34.0 Å². The first kappa shape index (κ1) is 17.2. The van der Waals surface area contributed by atoms with Gasteiger partial charge in [-0.05, 0) is 55.0 Å². The second-order valence-corrected chi connectivity index (χ2v) is 5.42. The van der Waals surface area contributed by atoms with E-state index < -0.39 is 5.91 Å². The number of rotatable bonds is 6. The number of aromatic nitrogens is 2. The number of hydrazone groups is 1. The Kier molecular flexibility index (Phi) is 5.28. The molecule has 132 valence electrons. The largest absolute Gasteiger partial charge is 0.508 e. The van der Waals surface area contributed by atoms with Gasteiger partial charge in [0, 0.05) is 5.56 Å². The Morgan fingerprint density at radius 2 is 2.08 bits per heavy atom. The number of amides is 1. The summed E-state index contributed by atoms with van der Waals surface area (Å²) in [4.78, 5) is 12.1. The van der Waals surface area contributed by atoms with Crippen molar-refractivity contribution in [3.8, 4) is 22.8 Å². The molecule has 7 heteroatoms. The number of H-pyrrole nitrogens is 1. The number of hydrogen-bond acceptors (Lipinski definition) is 5. The molecule has 3 aromatic rings. The molecule has 0 unspecified atom stereocenters. The number of carbonyl (C=O) groups excluding carboxylic acids is 1. The Hall–Kier alpha value is -3.61. The Morgan fingerprint density at radius 3 is 2.81 bits per heavy atom. The maximum absolute atomic E-state index is 12.1. The summed E-state index contributed by atoms with van der Waals surface area (Å²) in [7, 11) is 0. The van der Waals surface area contributed by atoms with Crippen LogP contribution in [0, 0.1) is 0 Å². The minimum atomic E-state index is -0.411. The highest BCUT2D eigenvalue weighted by Gasteiger charge is 2.10. The van der Waals surface area contributed by atoms with Gasteiger partial charge in [-0.25, -0.2) is 5.43 Å². The van der Waals surface area contributed by atoms with Crippen LogP contribution in [0.2, 0.25) is 0 Å². The average Bonchev–Trinajstić information content (AvgIpc) is 3.13. The van der Waals surface area contributed by atoms with Gasteiger partial charge in [0.25, 0.3) is 5.91 Å². The number of nitrogens with zero attached hydrogens (tertiary/aromatic N) is 2. The first-order valence-electron chi connectivity index (χ1n) is 8.07. The van der Waals surface area contributed by atoms with E-state index in [9.17, 15) is 9.90 Å². The van der Waals surface area contributed by atoms with Crippen LogP contribution in [-0.2, 0) is 0 Å². The van der Waals surface area contributed by atoms with E-state index in [4.69, 9.17) is 4.74 Å². The van der Waals surface area contributed by atoms with Crippen molar-refractivity contribution >= 4 is 12.1 Å². The van der Waals surface area contributed by atoms with Crippen LogP contribution >= 0.6 is 0 Å². The standard InChI is InChI=1S/C19H18N4O3/c1-2-26-16-8-6-14(7-9-16)17-11-18(22-21-17)19(25)23-20-12-13-4-3-5-15(24)10-13/h3-12,24H,2H2,1H3,(H,21,22)(H,23,25). The van der Waals surface area contributed by atoms with Gasteiger partial charge in [-0.1, -0.05) is 12.1 Å². The highest BCUT2D eigenvalue weighted by molar-refractivity contribution is 5.94. The number of nitrogens with one attached hydrogen (secondary N) is 2. The molecule has 0 spiro atoms. The van der Waals surface area contributed by atoms with E-state index in [0.717, 1.165) is 11.3 Å². The fraction of sp³-hybridized carbons (Fsp3) is 0.105. The van der Waals surface area contributed by atoms with Crippen LogP contribution < -0.4 is 10.2 Å². The summed E-state index contributed by atoms with van der Waals surface area (Å²) in [5.74, 6) is 0.506. The van der Waals surface area contributed by atoms with Crippen molar-refractivity contribution in [1.29, 1.82) is 0 Å². The molecule has 1 heterocycles. The predicted octanol–water partition coefficient (Wildman–Crippen LogP) is 2.94. The lowest BCUT2D eigenvalue weighted by atomic mass is 10.1. The van der Waals surface area contributed by atoms with Gasteiger partial charge in [-0.3, -0.25) is 9.89 Å². The van der Waals surface area contributed by atoms with Crippen molar-refractivity contribution in [2.45, 2.75) is 6.92 Å². The molecule has 0 fully saturated rings. The Bertz CT molecular complexity index is 917. The summed E-state index contributed by atoms with van der Waals surface area (Å²) in [5, 5.41) is 20.1. The van der Waals surface area contributed by atoms with E-state index in [2.05, 4.69) is 20.7 Å². The highest BCUT2D eigenvalue weighted by Crippen LogP contribution is 2.21. The van der Waals surface area contributed by atoms with Gasteiger partial charge in [-0.15, -0.1) is 0 Å². The van der Waals surface area contributed by atoms with Crippen molar-refractivity contribution < 1.29 is 14.6 Å². The molecule has 0 aliphatic heterocycles. The number of ether oxygens (including phenoxy) is 1. The van der Waals surface area contributed by atoms with Gasteiger partial charge in [0.15, 0.2) is 0 Å². The summed E-state index contributed by atoms with van der Waals surface area (Å²) in [6, 6.07) is 15.7. The number of aromatic amines is 1. The molecule has 0 radical (unpaired) electrons. The fourth-order valence-corrected chi connectivity index (χ4v) is 2.31. The molecule has 1 amide bonds. The van der Waals surface area contributed by atoms with E-state index in [0.29, 0.717) is 23.6 Å². The molecule has 0 atom stereocenters. The SMILES string of the molecule is CCOc1ccc(-c2cc(C(=O)NN=Cc3cccc(O)c3)[nH]n2)cc1. The monoisotopic (exact) mass is 350 g/mol. The van der Waals surface area contributed by atoms with E-state index in [1.165, 1.54) is 12.3 Å². The molecule has 0 saturated carbocycles. The molecule has 3 rings (SSSR count). The van der Waals surface area contributed by atoms with E-state index in [-0.39, 0.29) is 5.75 Å². The van der Waals surface area contributed by atoms with Crippen molar-refractivity contribution in [3.05, 3.63) is 65.9 Å². The maximum atomic E-state index is 12.1. The van der Waals surface area contributed by atoms with Crippen molar-refractivity contribution in [1.82, 2.24) is 15.6 Å². The molecule has 3 N–H and O–H groups in total. The zero-order valence-electron chi connectivity index (χ0n) is 14.1. The molecule has 7 nitrogen and oxygen atoms in total. The lowest BCUT2D eigenvalue weighted by molar-refractivity contribution is 0.0950. The predicted molar refractivity (Wildman–Crippen MR) is 98.4 cm³/mol. The zero-order valence-corrected chi connectivity index (χ0v) is 14.1. The lowest BCUT2D eigenvalue weighted by Gasteiger charge is -2.02. The van der Waals surface area contributed by atoms with Gasteiger partial charge in [0.1, 0.15) is 17.2 Å². The third kappa shape index (κ3) is 4.27. The van der Waals surface area contributed by atoms with Crippen LogP contribution in [0.1, 0.15) is 23.0 Å². The first-order valence-corrected chi connectivity index (χ1v) is 8.07. The molecule has 26 heavy (non-hydrogen) atoms. The molecular weight excluding hydrogens is 332 g/mol. The minimum Gasteiger partial charge on any atom is -0.508 e. The summed E-state index contributed by atoms with van der Waals surface area (Å²) >= 11 is 0. The average molecular weight is 350 g/mol. The van der Waals surface area contributed by atoms with Crippen molar-refractivity contribution in [2.75, 3.05) is 6.61 Å². The van der Waals surface area contributed by atoms with Crippen LogP contribution in [0.25, 0.3) is 11.3 Å². The molecule has 0 saturated heterocycles. The molecule has 0 bridgehead atoms. The van der Waals surface area contributed by atoms with Gasteiger partial charge in [-0.2, -0.15) is 10.2 Å². The molecule has 0 aliphatic carbocycles. The Labute approximate surface area is 150 Å². The van der Waals surface area contributed by atoms with Gasteiger partial charge >= 0.3 is 0 Å². The van der Waals surface area contributed by atoms with Crippen LogP contribution in [0.3, 0.4) is 0 Å². The van der Waals surface area contributed by atoms with Gasteiger partial charge in [0.05, 0.1) is 18.5 Å².